The van der Waals surface area contributed by atoms with E-state index in [0.29, 0.717) is 5.92 Å². The fourth-order valence-electron chi connectivity index (χ4n) is 3.33. The summed E-state index contributed by atoms with van der Waals surface area (Å²) >= 11 is 0. The van der Waals surface area contributed by atoms with Crippen molar-refractivity contribution in [2.75, 3.05) is 13.1 Å². The Labute approximate surface area is 141 Å². The molecule has 1 aliphatic rings. The maximum absolute atomic E-state index is 12.2. The van der Waals surface area contributed by atoms with Crippen molar-refractivity contribution in [2.24, 2.45) is 5.92 Å². The van der Waals surface area contributed by atoms with Crippen LogP contribution in [0, 0.1) is 5.92 Å². The lowest BCUT2D eigenvalue weighted by atomic mass is 9.94. The van der Waals surface area contributed by atoms with Crippen LogP contribution in [0.3, 0.4) is 0 Å². The maximum Gasteiger partial charge on any atom is 0.387 e. The predicted octanol–water partition coefficient (Wildman–Crippen LogP) is 3.96. The average molecular weight is 335 g/mol. The molecule has 0 radical (unpaired) electrons. The van der Waals surface area contributed by atoms with E-state index in [1.54, 1.807) is 12.1 Å². The molecule has 1 fully saturated rings. The van der Waals surface area contributed by atoms with Crippen molar-refractivity contribution in [1.29, 1.82) is 0 Å². The molecule has 1 aromatic carbocycles. The second-order valence-corrected chi connectivity index (χ2v) is 6.33. The van der Waals surface area contributed by atoms with Crippen LogP contribution in [-0.2, 0) is 6.54 Å². The number of halogens is 2. The summed E-state index contributed by atoms with van der Waals surface area (Å²) in [7, 11) is 0. The third-order valence-corrected chi connectivity index (χ3v) is 4.79. The van der Waals surface area contributed by atoms with Gasteiger partial charge in [0.1, 0.15) is 5.75 Å². The number of benzene rings is 1. The molecule has 1 aliphatic heterocycles. The van der Waals surface area contributed by atoms with Crippen LogP contribution in [0.1, 0.15) is 31.4 Å². The summed E-state index contributed by atoms with van der Waals surface area (Å²) in [6.45, 7) is 2.46. The molecular formula is C18H23F2N3O. The molecule has 4 nitrogen and oxygen atoms in total. The molecule has 1 aromatic heterocycles. The van der Waals surface area contributed by atoms with Crippen LogP contribution in [0.25, 0.3) is 0 Å². The molecule has 1 saturated heterocycles. The fourth-order valence-corrected chi connectivity index (χ4v) is 3.33. The van der Waals surface area contributed by atoms with Crippen LogP contribution in [0.5, 0.6) is 5.75 Å². The second kappa shape index (κ2) is 7.75. The van der Waals surface area contributed by atoms with E-state index in [-0.39, 0.29) is 11.8 Å². The lowest BCUT2D eigenvalue weighted by Crippen LogP contribution is -2.36. The number of ether oxygens (including phenoxy) is 1. The largest absolute Gasteiger partial charge is 0.435 e. The molecule has 0 amide bonds. The lowest BCUT2D eigenvalue weighted by Gasteiger charge is -2.36. The van der Waals surface area contributed by atoms with Crippen LogP contribution in [0.2, 0.25) is 0 Å². The van der Waals surface area contributed by atoms with E-state index in [9.17, 15) is 8.78 Å². The van der Waals surface area contributed by atoms with Gasteiger partial charge >= 0.3 is 6.61 Å². The summed E-state index contributed by atoms with van der Waals surface area (Å²) in [5.74, 6) is 0.869. The number of rotatable bonds is 6. The number of nitrogens with zero attached hydrogens (tertiary/aromatic N) is 3. The summed E-state index contributed by atoms with van der Waals surface area (Å²) in [5.41, 5.74) is 1.13. The normalized spacial score (nSPS) is 18.0. The van der Waals surface area contributed by atoms with Crippen molar-refractivity contribution >= 4 is 0 Å². The highest BCUT2D eigenvalue weighted by molar-refractivity contribution is 5.29. The molecule has 6 heteroatoms. The third kappa shape index (κ3) is 4.32. The van der Waals surface area contributed by atoms with Crippen LogP contribution < -0.4 is 4.74 Å². The first-order valence-corrected chi connectivity index (χ1v) is 8.38. The number of likely N-dealkylation sites (tertiary alicyclic amines) is 1. The van der Waals surface area contributed by atoms with Crippen molar-refractivity contribution in [1.82, 2.24) is 14.7 Å². The van der Waals surface area contributed by atoms with E-state index in [1.165, 1.54) is 0 Å². The molecule has 1 atom stereocenters. The molecule has 24 heavy (non-hydrogen) atoms. The third-order valence-electron chi connectivity index (χ3n) is 4.79. The van der Waals surface area contributed by atoms with Gasteiger partial charge < -0.3 is 4.74 Å². The molecule has 0 saturated carbocycles. The van der Waals surface area contributed by atoms with Crippen molar-refractivity contribution in [3.05, 3.63) is 48.3 Å². The van der Waals surface area contributed by atoms with Gasteiger partial charge in [0.2, 0.25) is 0 Å². The average Bonchev–Trinajstić information content (AvgIpc) is 3.08. The van der Waals surface area contributed by atoms with Gasteiger partial charge in [-0.3, -0.25) is 9.58 Å². The minimum atomic E-state index is -2.78. The Morgan fingerprint density at radius 2 is 1.92 bits per heavy atom. The summed E-state index contributed by atoms with van der Waals surface area (Å²) < 4.78 is 30.8. The van der Waals surface area contributed by atoms with E-state index in [0.717, 1.165) is 38.0 Å². The topological polar surface area (TPSA) is 30.3 Å². The van der Waals surface area contributed by atoms with E-state index >= 15 is 0 Å². The number of hydrogen-bond donors (Lipinski definition) is 0. The Bertz CT molecular complexity index is 608. The highest BCUT2D eigenvalue weighted by Crippen LogP contribution is 2.28. The monoisotopic (exact) mass is 335 g/mol. The summed E-state index contributed by atoms with van der Waals surface area (Å²) in [6, 6.07) is 9.20. The Balaban J connectivity index is 1.52. The summed E-state index contributed by atoms with van der Waals surface area (Å²) in [6.07, 6.45) is 6.13. The van der Waals surface area contributed by atoms with Gasteiger partial charge in [-0.25, -0.2) is 0 Å². The van der Waals surface area contributed by atoms with Gasteiger partial charge in [-0.1, -0.05) is 12.1 Å². The van der Waals surface area contributed by atoms with E-state index in [1.807, 2.05) is 35.3 Å². The molecular weight excluding hydrogens is 312 g/mol. The number of piperidine rings is 1. The molecule has 3 rings (SSSR count). The quantitative estimate of drug-likeness (QED) is 0.800. The zero-order valence-electron chi connectivity index (χ0n) is 13.8. The first-order chi connectivity index (χ1) is 11.6. The molecule has 2 heterocycles. The second-order valence-electron chi connectivity index (χ2n) is 6.33. The standard InChI is InChI=1S/C18H23F2N3O/c1-14(16-3-5-17(6-4-16)24-18(19)20)22-11-7-15(8-12-22)13-23-10-2-9-21-23/h2-6,9-10,14-15,18H,7-8,11-13H2,1H3. The summed E-state index contributed by atoms with van der Waals surface area (Å²) in [4.78, 5) is 2.45. The van der Waals surface area contributed by atoms with Gasteiger partial charge in [0.25, 0.3) is 0 Å². The fraction of sp³-hybridized carbons (Fsp3) is 0.500. The Hall–Kier alpha value is -1.95. The highest BCUT2D eigenvalue weighted by atomic mass is 19.3. The van der Waals surface area contributed by atoms with Gasteiger partial charge in [-0.2, -0.15) is 13.9 Å². The molecule has 0 bridgehead atoms. The van der Waals surface area contributed by atoms with E-state index in [2.05, 4.69) is 21.7 Å². The zero-order valence-corrected chi connectivity index (χ0v) is 13.8. The summed E-state index contributed by atoms with van der Waals surface area (Å²) in [5, 5.41) is 4.28. The SMILES string of the molecule is CC(c1ccc(OC(F)F)cc1)N1CCC(Cn2cccn2)CC1. The van der Waals surface area contributed by atoms with Gasteiger partial charge in [0.05, 0.1) is 0 Å². The van der Waals surface area contributed by atoms with Crippen molar-refractivity contribution in [2.45, 2.75) is 39.0 Å². The first-order valence-electron chi connectivity index (χ1n) is 8.38. The Morgan fingerprint density at radius 1 is 1.21 bits per heavy atom. The molecule has 1 unspecified atom stereocenters. The lowest BCUT2D eigenvalue weighted by molar-refractivity contribution is -0.0498. The number of hydrogen-bond acceptors (Lipinski definition) is 3. The number of alkyl halides is 2. The first kappa shape index (κ1) is 16.9. The Kier molecular flexibility index (Phi) is 5.45. The van der Waals surface area contributed by atoms with Gasteiger partial charge in [0, 0.05) is 25.0 Å². The van der Waals surface area contributed by atoms with Crippen molar-refractivity contribution in [3.8, 4) is 5.75 Å². The predicted molar refractivity (Wildman–Crippen MR) is 88.0 cm³/mol. The molecule has 0 N–H and O–H groups in total. The van der Waals surface area contributed by atoms with E-state index in [4.69, 9.17) is 0 Å². The minimum absolute atomic E-state index is 0.207. The van der Waals surface area contributed by atoms with Gasteiger partial charge in [-0.15, -0.1) is 0 Å². The smallest absolute Gasteiger partial charge is 0.387 e. The Morgan fingerprint density at radius 3 is 2.50 bits per heavy atom. The molecule has 0 aliphatic carbocycles. The van der Waals surface area contributed by atoms with Crippen LogP contribution in [0.4, 0.5) is 8.78 Å². The van der Waals surface area contributed by atoms with Gasteiger partial charge in [-0.05, 0) is 62.5 Å². The molecule has 2 aromatic rings. The zero-order chi connectivity index (χ0) is 16.9. The van der Waals surface area contributed by atoms with Crippen LogP contribution in [0.15, 0.2) is 42.7 Å². The van der Waals surface area contributed by atoms with E-state index < -0.39 is 6.61 Å². The van der Waals surface area contributed by atoms with Crippen molar-refractivity contribution < 1.29 is 13.5 Å². The molecule has 0 spiro atoms. The minimum Gasteiger partial charge on any atom is -0.435 e. The van der Waals surface area contributed by atoms with Crippen molar-refractivity contribution in [3.63, 3.8) is 0 Å². The molecule has 130 valence electrons. The maximum atomic E-state index is 12.2. The number of aromatic nitrogens is 2. The van der Waals surface area contributed by atoms with Crippen LogP contribution >= 0.6 is 0 Å². The van der Waals surface area contributed by atoms with Gasteiger partial charge in [0.15, 0.2) is 0 Å². The van der Waals surface area contributed by atoms with Crippen LogP contribution in [-0.4, -0.2) is 34.4 Å². The highest BCUT2D eigenvalue weighted by Gasteiger charge is 2.24.